The number of ether oxygens (including phenoxy) is 2. The molecule has 3 aromatic rings. The van der Waals surface area contributed by atoms with Crippen molar-refractivity contribution in [3.63, 3.8) is 0 Å². The third kappa shape index (κ3) is 8.34. The monoisotopic (exact) mass is 653 g/mol. The lowest BCUT2D eigenvalue weighted by molar-refractivity contribution is -0.124. The first kappa shape index (κ1) is 28.7. The van der Waals surface area contributed by atoms with Crippen molar-refractivity contribution in [2.75, 3.05) is 12.4 Å². The number of hydrogen-bond acceptors (Lipinski definition) is 5. The molecule has 0 saturated carbocycles. The second-order valence-corrected chi connectivity index (χ2v) is 10.2. The summed E-state index contributed by atoms with van der Waals surface area (Å²) >= 11 is 14.3. The zero-order chi connectivity index (χ0) is 26.9. The average Bonchev–Trinajstić information content (AvgIpc) is 2.85. The van der Waals surface area contributed by atoms with Gasteiger partial charge in [0, 0.05) is 34.1 Å². The predicted octanol–water partition coefficient (Wildman–Crippen LogP) is 6.67. The first-order chi connectivity index (χ1) is 17.7. The Hall–Kier alpha value is -2.82. The summed E-state index contributed by atoms with van der Waals surface area (Å²) in [4.78, 5) is 24.4. The number of rotatable bonds is 10. The van der Waals surface area contributed by atoms with E-state index in [9.17, 15) is 9.59 Å². The minimum absolute atomic E-state index is 0.00886. The van der Waals surface area contributed by atoms with E-state index in [4.69, 9.17) is 32.7 Å². The van der Waals surface area contributed by atoms with Gasteiger partial charge >= 0.3 is 0 Å². The summed E-state index contributed by atoms with van der Waals surface area (Å²) < 4.78 is 12.2. The van der Waals surface area contributed by atoms with Gasteiger partial charge in [0.25, 0.3) is 0 Å². The number of nitrogens with zero attached hydrogens (tertiary/aromatic N) is 1. The van der Waals surface area contributed by atoms with Gasteiger partial charge in [-0.3, -0.25) is 9.59 Å². The molecule has 0 radical (unpaired) electrons. The van der Waals surface area contributed by atoms with Gasteiger partial charge < -0.3 is 14.8 Å². The van der Waals surface area contributed by atoms with Gasteiger partial charge in [0.05, 0.1) is 16.9 Å². The van der Waals surface area contributed by atoms with Gasteiger partial charge in [-0.25, -0.2) is 5.43 Å². The van der Waals surface area contributed by atoms with E-state index in [1.807, 2.05) is 38.1 Å². The fourth-order valence-corrected chi connectivity index (χ4v) is 4.55. The number of methoxy groups -OCH3 is 1. The van der Waals surface area contributed by atoms with Crippen LogP contribution in [0.1, 0.15) is 35.1 Å². The maximum absolute atomic E-state index is 12.2. The lowest BCUT2D eigenvalue weighted by Gasteiger charge is -2.14. The van der Waals surface area contributed by atoms with Crippen LogP contribution in [-0.4, -0.2) is 25.1 Å². The quantitative estimate of drug-likeness (QED) is 0.145. The van der Waals surface area contributed by atoms with Crippen molar-refractivity contribution in [3.8, 4) is 11.5 Å². The van der Waals surface area contributed by atoms with Crippen LogP contribution in [-0.2, 0) is 16.2 Å². The fourth-order valence-electron chi connectivity index (χ4n) is 3.30. The van der Waals surface area contributed by atoms with E-state index >= 15 is 0 Å². The number of benzene rings is 3. The molecular formula is C27H26Cl2IN3O4. The number of nitrogens with one attached hydrogen (secondary N) is 2. The highest BCUT2D eigenvalue weighted by atomic mass is 127. The highest BCUT2D eigenvalue weighted by Crippen LogP contribution is 2.35. The highest BCUT2D eigenvalue weighted by Gasteiger charge is 2.13. The van der Waals surface area contributed by atoms with Crippen molar-refractivity contribution in [1.29, 1.82) is 0 Å². The van der Waals surface area contributed by atoms with Gasteiger partial charge in [0.15, 0.2) is 11.5 Å². The van der Waals surface area contributed by atoms with Gasteiger partial charge in [-0.15, -0.1) is 0 Å². The fraction of sp³-hybridized carbons (Fsp3) is 0.222. The van der Waals surface area contributed by atoms with E-state index in [1.165, 1.54) is 6.21 Å². The number of anilines is 1. The number of hydrogen-bond donors (Lipinski definition) is 2. The van der Waals surface area contributed by atoms with Crippen LogP contribution >= 0.6 is 45.8 Å². The van der Waals surface area contributed by atoms with Crippen molar-refractivity contribution in [2.45, 2.75) is 33.3 Å². The number of carbonyl (C=O) groups is 2. The van der Waals surface area contributed by atoms with Crippen LogP contribution in [0, 0.1) is 17.4 Å². The minimum atomic E-state index is -0.367. The Labute approximate surface area is 239 Å². The van der Waals surface area contributed by atoms with Gasteiger partial charge in [0.1, 0.15) is 6.61 Å². The Bertz CT molecular complexity index is 1330. The molecule has 0 aromatic heterocycles. The van der Waals surface area contributed by atoms with Crippen LogP contribution in [0.25, 0.3) is 0 Å². The van der Waals surface area contributed by atoms with Crippen LogP contribution in [0.4, 0.5) is 5.69 Å². The van der Waals surface area contributed by atoms with E-state index < -0.39 is 0 Å². The van der Waals surface area contributed by atoms with Gasteiger partial charge in [-0.05, 0) is 83.5 Å². The molecule has 0 unspecified atom stereocenters. The summed E-state index contributed by atoms with van der Waals surface area (Å²) in [6, 6.07) is 14.5. The molecule has 0 saturated heterocycles. The standard InChI is InChI=1S/C27H26Cl2IN3O4/c1-16-5-4-6-23(17(16)2)32-25(34)9-10-26(35)33-31-14-18-11-22(30)27(24(12-18)36-3)37-15-19-7-8-20(28)13-21(19)29/h4-8,11-14H,9-10,15H2,1-3H3,(H,32,34)(H,33,35). The molecule has 0 atom stereocenters. The molecule has 2 N–H and O–H groups in total. The maximum Gasteiger partial charge on any atom is 0.240 e. The molecule has 194 valence electrons. The average molecular weight is 654 g/mol. The van der Waals surface area contributed by atoms with Crippen molar-refractivity contribution in [2.24, 2.45) is 5.10 Å². The molecule has 37 heavy (non-hydrogen) atoms. The Balaban J connectivity index is 1.54. The van der Waals surface area contributed by atoms with Crippen LogP contribution in [0.2, 0.25) is 10.0 Å². The molecule has 0 heterocycles. The smallest absolute Gasteiger partial charge is 0.240 e. The molecule has 0 aliphatic rings. The second-order valence-electron chi connectivity index (χ2n) is 8.15. The minimum Gasteiger partial charge on any atom is -0.493 e. The van der Waals surface area contributed by atoms with Crippen molar-refractivity contribution in [1.82, 2.24) is 5.43 Å². The zero-order valence-corrected chi connectivity index (χ0v) is 24.2. The number of aryl methyl sites for hydroxylation is 1. The number of amides is 2. The molecule has 0 aliphatic carbocycles. The van der Waals surface area contributed by atoms with Crippen molar-refractivity contribution in [3.05, 3.63) is 84.4 Å². The van der Waals surface area contributed by atoms with E-state index in [0.717, 1.165) is 25.9 Å². The summed E-state index contributed by atoms with van der Waals surface area (Å²) in [6.45, 7) is 4.16. The molecule has 2 amide bonds. The topological polar surface area (TPSA) is 89.0 Å². The van der Waals surface area contributed by atoms with E-state index in [2.05, 4.69) is 38.4 Å². The molecule has 0 fully saturated rings. The Morgan fingerprint density at radius 1 is 1.05 bits per heavy atom. The molecule has 7 nitrogen and oxygen atoms in total. The normalized spacial score (nSPS) is 10.9. The Kier molecular flexibility index (Phi) is 10.6. The zero-order valence-electron chi connectivity index (χ0n) is 20.5. The first-order valence-corrected chi connectivity index (χ1v) is 13.1. The summed E-state index contributed by atoms with van der Waals surface area (Å²) in [5, 5.41) is 7.91. The van der Waals surface area contributed by atoms with Crippen LogP contribution in [0.3, 0.4) is 0 Å². The third-order valence-corrected chi connectivity index (χ3v) is 6.89. The van der Waals surface area contributed by atoms with Crippen LogP contribution in [0.15, 0.2) is 53.6 Å². The summed E-state index contributed by atoms with van der Waals surface area (Å²) in [6.07, 6.45) is 1.55. The summed E-state index contributed by atoms with van der Waals surface area (Å²) in [5.41, 5.74) is 6.77. The maximum atomic E-state index is 12.2. The third-order valence-electron chi connectivity index (χ3n) is 5.50. The highest BCUT2D eigenvalue weighted by molar-refractivity contribution is 14.1. The van der Waals surface area contributed by atoms with Crippen LogP contribution < -0.4 is 20.2 Å². The summed E-state index contributed by atoms with van der Waals surface area (Å²) in [7, 11) is 1.54. The molecule has 0 spiro atoms. The van der Waals surface area contributed by atoms with Crippen molar-refractivity contribution < 1.29 is 19.1 Å². The van der Waals surface area contributed by atoms with Crippen LogP contribution in [0.5, 0.6) is 11.5 Å². The largest absolute Gasteiger partial charge is 0.493 e. The second kappa shape index (κ2) is 13.6. The lowest BCUT2D eigenvalue weighted by atomic mass is 10.1. The molecule has 3 aromatic carbocycles. The molecule has 0 bridgehead atoms. The van der Waals surface area contributed by atoms with Gasteiger partial charge in [0.2, 0.25) is 11.8 Å². The predicted molar refractivity (Wildman–Crippen MR) is 156 cm³/mol. The molecular weight excluding hydrogens is 628 g/mol. The van der Waals surface area contributed by atoms with Crippen molar-refractivity contribution >= 4 is 69.5 Å². The van der Waals surface area contributed by atoms with Gasteiger partial charge in [-0.1, -0.05) is 41.4 Å². The SMILES string of the molecule is COc1cc(C=NNC(=O)CCC(=O)Nc2cccc(C)c2C)cc(I)c1OCc1ccc(Cl)cc1Cl. The molecule has 10 heteroatoms. The van der Waals surface area contributed by atoms with E-state index in [-0.39, 0.29) is 31.3 Å². The lowest BCUT2D eigenvalue weighted by Crippen LogP contribution is -2.21. The Morgan fingerprint density at radius 2 is 1.81 bits per heavy atom. The van der Waals surface area contributed by atoms with E-state index in [0.29, 0.717) is 27.1 Å². The Morgan fingerprint density at radius 3 is 2.54 bits per heavy atom. The number of halogens is 3. The summed E-state index contributed by atoms with van der Waals surface area (Å²) in [5.74, 6) is 0.467. The molecule has 3 rings (SSSR count). The first-order valence-electron chi connectivity index (χ1n) is 11.3. The number of hydrazone groups is 1. The van der Waals surface area contributed by atoms with Gasteiger partial charge in [-0.2, -0.15) is 5.10 Å². The number of carbonyl (C=O) groups excluding carboxylic acids is 2. The van der Waals surface area contributed by atoms with E-state index in [1.54, 1.807) is 31.4 Å². The molecule has 0 aliphatic heterocycles.